The zero-order valence-corrected chi connectivity index (χ0v) is 8.89. The molecule has 84 valence electrons. The van der Waals surface area contributed by atoms with Gasteiger partial charge in [-0.2, -0.15) is 0 Å². The molecule has 16 heavy (non-hydrogen) atoms. The van der Waals surface area contributed by atoms with Gasteiger partial charge >= 0.3 is 0 Å². The van der Waals surface area contributed by atoms with Crippen LogP contribution < -0.4 is 5.32 Å². The molecule has 1 fully saturated rings. The van der Waals surface area contributed by atoms with Gasteiger partial charge in [-0.3, -0.25) is 4.79 Å². The van der Waals surface area contributed by atoms with Crippen LogP contribution in [0.25, 0.3) is 0 Å². The molecule has 2 atom stereocenters. The number of hydrogen-bond acceptors (Lipinski definition) is 3. The topological polar surface area (TPSA) is 52.6 Å². The van der Waals surface area contributed by atoms with E-state index >= 15 is 0 Å². The van der Waals surface area contributed by atoms with Crippen LogP contribution in [0.5, 0.6) is 0 Å². The summed E-state index contributed by atoms with van der Waals surface area (Å²) in [6.45, 7) is 1.18. The number of aliphatic hydroxyl groups excluding tert-OH is 1. The molecule has 1 aromatic carbocycles. The average Bonchev–Trinajstić information content (AvgIpc) is 2.62. The van der Waals surface area contributed by atoms with Crippen LogP contribution in [0.2, 0.25) is 0 Å². The van der Waals surface area contributed by atoms with Crippen LogP contribution in [0.1, 0.15) is 16.8 Å². The number of carbonyl (C=O) groups is 1. The minimum atomic E-state index is -0.374. The van der Waals surface area contributed by atoms with Crippen molar-refractivity contribution in [2.24, 2.45) is 0 Å². The summed E-state index contributed by atoms with van der Waals surface area (Å²) in [5, 5.41) is 12.9. The average molecular weight is 218 g/mol. The Labute approximate surface area is 93.9 Å². The van der Waals surface area contributed by atoms with Gasteiger partial charge in [0.05, 0.1) is 17.7 Å². The van der Waals surface area contributed by atoms with Crippen molar-refractivity contribution in [3.05, 3.63) is 29.8 Å². The molecule has 0 aromatic heterocycles. The van der Waals surface area contributed by atoms with Gasteiger partial charge in [-0.25, -0.2) is 0 Å². The third-order valence-electron chi connectivity index (χ3n) is 3.34. The number of nitrogens with one attached hydrogen (secondary N) is 1. The summed E-state index contributed by atoms with van der Waals surface area (Å²) in [6.07, 6.45) is 0.299. The Morgan fingerprint density at radius 2 is 2.19 bits per heavy atom. The van der Waals surface area contributed by atoms with Crippen molar-refractivity contribution in [2.75, 3.05) is 18.4 Å². The van der Waals surface area contributed by atoms with Crippen molar-refractivity contribution in [2.45, 2.75) is 18.6 Å². The second kappa shape index (κ2) is 3.49. The van der Waals surface area contributed by atoms with E-state index in [0.717, 1.165) is 12.2 Å². The molecule has 0 saturated carbocycles. The molecule has 2 aliphatic heterocycles. The maximum absolute atomic E-state index is 12.2. The smallest absolute Gasteiger partial charge is 0.256 e. The molecule has 4 heteroatoms. The Kier molecular flexibility index (Phi) is 2.11. The fourth-order valence-electron chi connectivity index (χ4n) is 2.54. The van der Waals surface area contributed by atoms with Gasteiger partial charge in [0.15, 0.2) is 0 Å². The first-order valence-electron chi connectivity index (χ1n) is 5.57. The molecular weight excluding hydrogens is 204 g/mol. The van der Waals surface area contributed by atoms with Crippen molar-refractivity contribution in [3.63, 3.8) is 0 Å². The zero-order valence-electron chi connectivity index (χ0n) is 8.89. The van der Waals surface area contributed by atoms with Crippen LogP contribution in [0.15, 0.2) is 24.3 Å². The molecule has 0 unspecified atom stereocenters. The minimum Gasteiger partial charge on any atom is -0.391 e. The van der Waals surface area contributed by atoms with Gasteiger partial charge in [0.25, 0.3) is 5.91 Å². The summed E-state index contributed by atoms with van der Waals surface area (Å²) in [4.78, 5) is 14.0. The summed E-state index contributed by atoms with van der Waals surface area (Å²) < 4.78 is 0. The monoisotopic (exact) mass is 218 g/mol. The number of anilines is 1. The standard InChI is InChI=1S/C12H14N2O2/c15-9-5-8-6-13-11-4-2-1-3-10(11)12(16)14(8)7-9/h1-4,8-9,13,15H,5-7H2/t8-,9-/m1/s1. The minimum absolute atomic E-state index is 0.0298. The maximum Gasteiger partial charge on any atom is 0.256 e. The number of aliphatic hydroxyl groups is 1. The summed E-state index contributed by atoms with van der Waals surface area (Å²) in [6, 6.07) is 7.66. The normalized spacial score (nSPS) is 28.1. The molecule has 0 bridgehead atoms. The fourth-order valence-corrected chi connectivity index (χ4v) is 2.54. The van der Waals surface area contributed by atoms with Crippen molar-refractivity contribution < 1.29 is 9.90 Å². The third kappa shape index (κ3) is 1.38. The van der Waals surface area contributed by atoms with E-state index < -0.39 is 0 Å². The molecule has 2 heterocycles. The Hall–Kier alpha value is -1.55. The number of rotatable bonds is 0. The number of benzene rings is 1. The predicted octanol–water partition coefficient (Wildman–Crippen LogP) is 0.687. The first-order chi connectivity index (χ1) is 7.75. The number of para-hydroxylation sites is 1. The highest BCUT2D eigenvalue weighted by Crippen LogP contribution is 2.27. The lowest BCUT2D eigenvalue weighted by Gasteiger charge is -2.20. The highest BCUT2D eigenvalue weighted by molar-refractivity contribution is 6.00. The van der Waals surface area contributed by atoms with Crippen LogP contribution >= 0.6 is 0 Å². The Bertz CT molecular complexity index is 433. The number of hydrogen-bond donors (Lipinski definition) is 2. The summed E-state index contributed by atoms with van der Waals surface area (Å²) >= 11 is 0. The van der Waals surface area contributed by atoms with Crippen LogP contribution in [-0.2, 0) is 0 Å². The molecular formula is C12H14N2O2. The summed E-state index contributed by atoms with van der Waals surface area (Å²) in [5.74, 6) is 0.0298. The van der Waals surface area contributed by atoms with Crippen LogP contribution in [-0.4, -0.2) is 41.1 Å². The van der Waals surface area contributed by atoms with E-state index in [2.05, 4.69) is 5.32 Å². The third-order valence-corrected chi connectivity index (χ3v) is 3.34. The molecule has 0 aliphatic carbocycles. The molecule has 0 spiro atoms. The van der Waals surface area contributed by atoms with Crippen LogP contribution in [0.4, 0.5) is 5.69 Å². The summed E-state index contributed by atoms with van der Waals surface area (Å²) in [7, 11) is 0. The number of amides is 1. The second-order valence-electron chi connectivity index (χ2n) is 4.43. The SMILES string of the molecule is O=C1c2ccccc2NC[C@H]2C[C@@H](O)CN12. The second-order valence-corrected chi connectivity index (χ2v) is 4.43. The molecule has 1 amide bonds. The largest absolute Gasteiger partial charge is 0.391 e. The van der Waals surface area contributed by atoms with Crippen molar-refractivity contribution in [3.8, 4) is 0 Å². The van der Waals surface area contributed by atoms with Gasteiger partial charge in [0.1, 0.15) is 0 Å². The summed E-state index contributed by atoms with van der Waals surface area (Å²) in [5.41, 5.74) is 1.61. The lowest BCUT2D eigenvalue weighted by molar-refractivity contribution is 0.0729. The van der Waals surface area contributed by atoms with E-state index in [4.69, 9.17) is 0 Å². The van der Waals surface area contributed by atoms with Crippen molar-refractivity contribution in [1.29, 1.82) is 0 Å². The Morgan fingerprint density at radius 3 is 3.06 bits per heavy atom. The lowest BCUT2D eigenvalue weighted by Crippen LogP contribution is -2.37. The van der Waals surface area contributed by atoms with Gasteiger partial charge in [0, 0.05) is 18.8 Å². The molecule has 2 aliphatic rings. The molecule has 1 saturated heterocycles. The van der Waals surface area contributed by atoms with Crippen molar-refractivity contribution in [1.82, 2.24) is 4.90 Å². The highest BCUT2D eigenvalue weighted by Gasteiger charge is 2.37. The van der Waals surface area contributed by atoms with E-state index in [9.17, 15) is 9.90 Å². The van der Waals surface area contributed by atoms with Crippen LogP contribution in [0.3, 0.4) is 0 Å². The van der Waals surface area contributed by atoms with Gasteiger partial charge in [-0.1, -0.05) is 12.1 Å². The van der Waals surface area contributed by atoms with Crippen molar-refractivity contribution >= 4 is 11.6 Å². The Balaban J connectivity index is 2.00. The number of fused-ring (bicyclic) bond motifs is 2. The van der Waals surface area contributed by atoms with Gasteiger partial charge in [0.2, 0.25) is 0 Å². The van der Waals surface area contributed by atoms with E-state index in [1.165, 1.54) is 0 Å². The fraction of sp³-hybridized carbons (Fsp3) is 0.417. The number of carbonyl (C=O) groups excluding carboxylic acids is 1. The van der Waals surface area contributed by atoms with E-state index in [0.29, 0.717) is 18.5 Å². The number of nitrogens with zero attached hydrogens (tertiary/aromatic N) is 1. The molecule has 0 radical (unpaired) electrons. The highest BCUT2D eigenvalue weighted by atomic mass is 16.3. The molecule has 4 nitrogen and oxygen atoms in total. The lowest BCUT2D eigenvalue weighted by atomic mass is 10.1. The Morgan fingerprint density at radius 1 is 1.38 bits per heavy atom. The van der Waals surface area contributed by atoms with Crippen LogP contribution in [0, 0.1) is 0 Å². The zero-order chi connectivity index (χ0) is 11.1. The van der Waals surface area contributed by atoms with Gasteiger partial charge < -0.3 is 15.3 Å². The quantitative estimate of drug-likeness (QED) is 0.673. The molecule has 3 rings (SSSR count). The van der Waals surface area contributed by atoms with Gasteiger partial charge in [-0.15, -0.1) is 0 Å². The van der Waals surface area contributed by atoms with E-state index in [1.807, 2.05) is 24.3 Å². The predicted molar refractivity (Wildman–Crippen MR) is 60.4 cm³/mol. The molecule has 2 N–H and O–H groups in total. The van der Waals surface area contributed by atoms with E-state index in [1.54, 1.807) is 4.90 Å². The first-order valence-corrected chi connectivity index (χ1v) is 5.57. The maximum atomic E-state index is 12.2. The van der Waals surface area contributed by atoms with Gasteiger partial charge in [-0.05, 0) is 18.6 Å². The first kappa shape index (κ1) is 9.66. The molecule has 1 aromatic rings. The van der Waals surface area contributed by atoms with E-state index in [-0.39, 0.29) is 18.1 Å².